The molecule has 1 aromatic carbocycles. The number of nitrogens with one attached hydrogen (secondary N) is 1. The van der Waals surface area contributed by atoms with Gasteiger partial charge in [0.25, 0.3) is 0 Å². The van der Waals surface area contributed by atoms with Crippen molar-refractivity contribution in [1.29, 1.82) is 0 Å². The number of para-hydroxylation sites is 1. The Balaban J connectivity index is 2.18. The fraction of sp³-hybridized carbons (Fsp3) is 0.333. The first-order valence-electron chi connectivity index (χ1n) is 5.12. The Morgan fingerprint density at radius 2 is 2.20 bits per heavy atom. The number of fused-ring (bicyclic) bond motifs is 1. The molecule has 0 amide bonds. The van der Waals surface area contributed by atoms with Crippen LogP contribution < -0.4 is 5.32 Å². The lowest BCUT2D eigenvalue weighted by Crippen LogP contribution is -2.56. The Morgan fingerprint density at radius 1 is 1.40 bits per heavy atom. The van der Waals surface area contributed by atoms with Crippen LogP contribution in [0.1, 0.15) is 11.3 Å². The standard InChI is InChI=1S/C12H13NO2/c1-8-3-2-4-9-5-10(15-11(8)9)12(14)6-13-7-12/h2-5,13-14H,6-7H2,1H3. The van der Waals surface area contributed by atoms with E-state index in [1.165, 1.54) is 0 Å². The lowest BCUT2D eigenvalue weighted by atomic mass is 9.94. The van der Waals surface area contributed by atoms with E-state index in [0.717, 1.165) is 16.5 Å². The minimum Gasteiger partial charge on any atom is -0.458 e. The Hall–Kier alpha value is -1.32. The van der Waals surface area contributed by atoms with Crippen LogP contribution >= 0.6 is 0 Å². The van der Waals surface area contributed by atoms with Crippen LogP contribution in [-0.2, 0) is 5.60 Å². The van der Waals surface area contributed by atoms with Crippen LogP contribution in [0.4, 0.5) is 0 Å². The summed E-state index contributed by atoms with van der Waals surface area (Å²) in [5.74, 6) is 0.672. The minimum absolute atomic E-state index is 0.575. The van der Waals surface area contributed by atoms with E-state index in [4.69, 9.17) is 4.42 Å². The molecule has 3 heteroatoms. The summed E-state index contributed by atoms with van der Waals surface area (Å²) in [5, 5.41) is 14.2. The first-order valence-corrected chi connectivity index (χ1v) is 5.12. The minimum atomic E-state index is -0.800. The summed E-state index contributed by atoms with van der Waals surface area (Å²) in [6.45, 7) is 3.16. The largest absolute Gasteiger partial charge is 0.458 e. The number of aliphatic hydroxyl groups is 1. The molecule has 2 N–H and O–H groups in total. The molecule has 0 unspecified atom stereocenters. The zero-order valence-corrected chi connectivity index (χ0v) is 8.58. The van der Waals surface area contributed by atoms with Crippen molar-refractivity contribution in [2.24, 2.45) is 0 Å². The summed E-state index contributed by atoms with van der Waals surface area (Å²) >= 11 is 0. The number of rotatable bonds is 1. The number of β-amino-alcohol motifs (C(OH)–C–C–N with tert-alkyl or cyclic N) is 1. The van der Waals surface area contributed by atoms with Crippen molar-refractivity contribution in [1.82, 2.24) is 5.32 Å². The summed E-state index contributed by atoms with van der Waals surface area (Å²) in [7, 11) is 0. The van der Waals surface area contributed by atoms with Gasteiger partial charge in [-0.3, -0.25) is 0 Å². The topological polar surface area (TPSA) is 45.4 Å². The Morgan fingerprint density at radius 3 is 2.80 bits per heavy atom. The van der Waals surface area contributed by atoms with E-state index in [1.807, 2.05) is 31.2 Å². The first-order chi connectivity index (χ1) is 7.19. The SMILES string of the molecule is Cc1cccc2cc(C3(O)CNC3)oc12. The van der Waals surface area contributed by atoms with Gasteiger partial charge in [-0.05, 0) is 18.6 Å². The summed E-state index contributed by atoms with van der Waals surface area (Å²) in [5.41, 5.74) is 1.19. The highest BCUT2D eigenvalue weighted by Gasteiger charge is 2.39. The van der Waals surface area contributed by atoms with Gasteiger partial charge in [0.05, 0.1) is 0 Å². The molecule has 78 valence electrons. The molecule has 0 radical (unpaired) electrons. The third kappa shape index (κ3) is 1.20. The van der Waals surface area contributed by atoms with E-state index in [9.17, 15) is 5.11 Å². The molecule has 0 aliphatic carbocycles. The van der Waals surface area contributed by atoms with Crippen molar-refractivity contribution in [3.05, 3.63) is 35.6 Å². The van der Waals surface area contributed by atoms with E-state index in [-0.39, 0.29) is 0 Å². The van der Waals surface area contributed by atoms with Crippen molar-refractivity contribution >= 4 is 11.0 Å². The molecule has 15 heavy (non-hydrogen) atoms. The van der Waals surface area contributed by atoms with E-state index >= 15 is 0 Å². The van der Waals surface area contributed by atoms with E-state index in [0.29, 0.717) is 18.8 Å². The second kappa shape index (κ2) is 2.84. The van der Waals surface area contributed by atoms with Crippen molar-refractivity contribution in [2.45, 2.75) is 12.5 Å². The lowest BCUT2D eigenvalue weighted by Gasteiger charge is -2.35. The fourth-order valence-electron chi connectivity index (χ4n) is 1.97. The van der Waals surface area contributed by atoms with Crippen molar-refractivity contribution in [3.63, 3.8) is 0 Å². The van der Waals surface area contributed by atoms with Gasteiger partial charge in [0.1, 0.15) is 16.9 Å². The van der Waals surface area contributed by atoms with Crippen molar-refractivity contribution < 1.29 is 9.52 Å². The third-order valence-electron chi connectivity index (χ3n) is 3.03. The predicted octanol–water partition coefficient (Wildman–Crippen LogP) is 1.53. The van der Waals surface area contributed by atoms with Gasteiger partial charge in [0, 0.05) is 18.5 Å². The molecule has 1 aliphatic rings. The monoisotopic (exact) mass is 203 g/mol. The number of furan rings is 1. The maximum atomic E-state index is 10.1. The molecular weight excluding hydrogens is 190 g/mol. The molecule has 2 heterocycles. The second-order valence-electron chi connectivity index (χ2n) is 4.24. The fourth-order valence-corrected chi connectivity index (χ4v) is 1.97. The predicted molar refractivity (Wildman–Crippen MR) is 57.7 cm³/mol. The molecule has 2 aromatic rings. The van der Waals surface area contributed by atoms with Crippen molar-refractivity contribution in [2.75, 3.05) is 13.1 Å². The maximum absolute atomic E-state index is 10.1. The molecule has 1 saturated heterocycles. The molecule has 0 saturated carbocycles. The Bertz CT molecular complexity index is 511. The molecule has 0 spiro atoms. The molecule has 0 atom stereocenters. The van der Waals surface area contributed by atoms with Crippen LogP contribution in [0.15, 0.2) is 28.7 Å². The quantitative estimate of drug-likeness (QED) is 0.738. The lowest BCUT2D eigenvalue weighted by molar-refractivity contribution is -0.0320. The number of hydrogen-bond acceptors (Lipinski definition) is 3. The second-order valence-corrected chi connectivity index (χ2v) is 4.24. The molecule has 1 fully saturated rings. The smallest absolute Gasteiger partial charge is 0.147 e. The summed E-state index contributed by atoms with van der Waals surface area (Å²) < 4.78 is 5.72. The summed E-state index contributed by atoms with van der Waals surface area (Å²) in [6.07, 6.45) is 0. The molecule has 3 nitrogen and oxygen atoms in total. The number of benzene rings is 1. The van der Waals surface area contributed by atoms with Gasteiger partial charge in [0.15, 0.2) is 0 Å². The van der Waals surface area contributed by atoms with E-state index in [2.05, 4.69) is 5.32 Å². The first kappa shape index (κ1) is 8.95. The van der Waals surface area contributed by atoms with E-state index < -0.39 is 5.60 Å². The van der Waals surface area contributed by atoms with Crippen LogP contribution in [0.5, 0.6) is 0 Å². The van der Waals surface area contributed by atoms with Crippen LogP contribution in [0, 0.1) is 6.92 Å². The number of hydrogen-bond donors (Lipinski definition) is 2. The maximum Gasteiger partial charge on any atom is 0.147 e. The average Bonchev–Trinajstić information content (AvgIpc) is 2.59. The van der Waals surface area contributed by atoms with Crippen molar-refractivity contribution in [3.8, 4) is 0 Å². The van der Waals surface area contributed by atoms with Gasteiger partial charge in [-0.25, -0.2) is 0 Å². The molecule has 1 aliphatic heterocycles. The number of aryl methyl sites for hydroxylation is 1. The van der Waals surface area contributed by atoms with Gasteiger partial charge in [0.2, 0.25) is 0 Å². The van der Waals surface area contributed by atoms with Crippen LogP contribution in [-0.4, -0.2) is 18.2 Å². The van der Waals surface area contributed by atoms with Crippen LogP contribution in [0.25, 0.3) is 11.0 Å². The van der Waals surface area contributed by atoms with Gasteiger partial charge >= 0.3 is 0 Å². The molecule has 0 bridgehead atoms. The highest BCUT2D eigenvalue weighted by molar-refractivity contribution is 5.81. The summed E-state index contributed by atoms with van der Waals surface area (Å²) in [6, 6.07) is 7.95. The normalized spacial score (nSPS) is 19.1. The van der Waals surface area contributed by atoms with Gasteiger partial charge in [-0.15, -0.1) is 0 Å². The van der Waals surface area contributed by atoms with Gasteiger partial charge in [-0.2, -0.15) is 0 Å². The molecular formula is C12H13NO2. The zero-order valence-electron chi connectivity index (χ0n) is 8.58. The van der Waals surface area contributed by atoms with E-state index in [1.54, 1.807) is 0 Å². The summed E-state index contributed by atoms with van der Waals surface area (Å²) in [4.78, 5) is 0. The Labute approximate surface area is 87.7 Å². The van der Waals surface area contributed by atoms with Crippen LogP contribution in [0.2, 0.25) is 0 Å². The highest BCUT2D eigenvalue weighted by atomic mass is 16.4. The van der Waals surface area contributed by atoms with Crippen LogP contribution in [0.3, 0.4) is 0 Å². The average molecular weight is 203 g/mol. The third-order valence-corrected chi connectivity index (χ3v) is 3.03. The van der Waals surface area contributed by atoms with Gasteiger partial charge in [-0.1, -0.05) is 18.2 Å². The zero-order chi connectivity index (χ0) is 10.5. The Kier molecular flexibility index (Phi) is 1.69. The molecule has 3 rings (SSSR count). The highest BCUT2D eigenvalue weighted by Crippen LogP contribution is 2.31. The molecule has 1 aromatic heterocycles. The van der Waals surface area contributed by atoms with Gasteiger partial charge < -0.3 is 14.8 Å².